The van der Waals surface area contributed by atoms with E-state index in [-0.39, 0.29) is 59.1 Å². The quantitative estimate of drug-likeness (QED) is 0.217. The molecule has 1 aromatic rings. The summed E-state index contributed by atoms with van der Waals surface area (Å²) in [4.78, 5) is 49.9. The SMILES string of the molecule is COC1(NC(=O)C(C(=O)O)c2ccsc2)C(=O)N2[C@@H](C(=O)O)C(C)(C)S[C@@H]21.[NaH].[NaH]. The Bertz CT molecular complexity index is 820. The number of fused-ring (bicyclic) bond motifs is 1. The van der Waals surface area contributed by atoms with Gasteiger partial charge in [-0.05, 0) is 36.2 Å². The van der Waals surface area contributed by atoms with E-state index in [1.807, 2.05) is 0 Å². The maximum absolute atomic E-state index is 12.8. The molecule has 0 bridgehead atoms. The average molecular weight is 462 g/mol. The number of carboxylic acids is 2. The van der Waals surface area contributed by atoms with E-state index in [1.54, 1.807) is 24.6 Å². The summed E-state index contributed by atoms with van der Waals surface area (Å²) in [6.45, 7) is 3.38. The molecule has 29 heavy (non-hydrogen) atoms. The van der Waals surface area contributed by atoms with Gasteiger partial charge in [0, 0.05) is 11.9 Å². The van der Waals surface area contributed by atoms with Crippen LogP contribution in [-0.4, -0.2) is 127 Å². The number of ether oxygens (including phenoxy) is 1. The van der Waals surface area contributed by atoms with Crippen molar-refractivity contribution in [2.75, 3.05) is 7.11 Å². The topological polar surface area (TPSA) is 133 Å². The predicted octanol–water partition coefficient (Wildman–Crippen LogP) is -0.775. The third kappa shape index (κ3) is 4.31. The number of methoxy groups -OCH3 is 1. The Kier molecular flexibility index (Phi) is 8.89. The summed E-state index contributed by atoms with van der Waals surface area (Å²) >= 11 is 2.43. The van der Waals surface area contributed by atoms with Crippen LogP contribution in [0.15, 0.2) is 16.8 Å². The number of thiophene rings is 1. The summed E-state index contributed by atoms with van der Waals surface area (Å²) in [5.74, 6) is -5.61. The van der Waals surface area contributed by atoms with Crippen LogP contribution in [0, 0.1) is 0 Å². The zero-order chi connectivity index (χ0) is 20.1. The van der Waals surface area contributed by atoms with Crippen molar-refractivity contribution in [2.24, 2.45) is 0 Å². The second-order valence-corrected chi connectivity index (χ2v) is 9.30. The van der Waals surface area contributed by atoms with Crippen LogP contribution in [0.1, 0.15) is 25.3 Å². The van der Waals surface area contributed by atoms with Gasteiger partial charge in [-0.1, -0.05) is 0 Å². The molecule has 2 aliphatic rings. The fourth-order valence-electron chi connectivity index (χ4n) is 3.48. The molecule has 3 N–H and O–H groups in total. The van der Waals surface area contributed by atoms with E-state index in [0.29, 0.717) is 5.56 Å². The predicted molar refractivity (Wildman–Crippen MR) is 111 cm³/mol. The molecule has 2 unspecified atom stereocenters. The molecule has 0 saturated carbocycles. The van der Waals surface area contributed by atoms with Gasteiger partial charge in [0.2, 0.25) is 5.91 Å². The molecule has 0 aromatic carbocycles. The van der Waals surface area contributed by atoms with Gasteiger partial charge in [0.15, 0.2) is 5.92 Å². The fraction of sp³-hybridized carbons (Fsp3) is 0.500. The Hall–Kier alpha value is -0.110. The molecule has 0 spiro atoms. The van der Waals surface area contributed by atoms with Gasteiger partial charge < -0.3 is 25.2 Å². The van der Waals surface area contributed by atoms with Crippen LogP contribution in [0.25, 0.3) is 0 Å². The first kappa shape index (κ1) is 26.9. The van der Waals surface area contributed by atoms with Crippen molar-refractivity contribution in [2.45, 2.75) is 41.7 Å². The Morgan fingerprint density at radius 2 is 1.90 bits per heavy atom. The van der Waals surface area contributed by atoms with Crippen molar-refractivity contribution in [1.82, 2.24) is 10.2 Å². The monoisotopic (exact) mass is 462 g/mol. The first-order chi connectivity index (χ1) is 12.6. The van der Waals surface area contributed by atoms with Gasteiger partial charge in [-0.25, -0.2) is 4.79 Å². The number of carboxylic acid groups (broad SMARTS) is 2. The van der Waals surface area contributed by atoms with Crippen molar-refractivity contribution in [3.63, 3.8) is 0 Å². The first-order valence-electron chi connectivity index (χ1n) is 7.92. The third-order valence-electron chi connectivity index (χ3n) is 4.76. The van der Waals surface area contributed by atoms with Crippen molar-refractivity contribution < 1.29 is 34.1 Å². The van der Waals surface area contributed by atoms with Crippen molar-refractivity contribution in [1.29, 1.82) is 0 Å². The molecule has 9 nitrogen and oxygen atoms in total. The van der Waals surface area contributed by atoms with E-state index in [0.717, 1.165) is 4.90 Å². The molecule has 0 radical (unpaired) electrons. The number of aliphatic carboxylic acids is 2. The molecule has 1 aromatic heterocycles. The van der Waals surface area contributed by atoms with Crippen LogP contribution in [-0.2, 0) is 23.9 Å². The number of rotatable bonds is 6. The molecule has 4 atom stereocenters. The van der Waals surface area contributed by atoms with Gasteiger partial charge in [-0.2, -0.15) is 11.3 Å². The van der Waals surface area contributed by atoms with Crippen molar-refractivity contribution >= 4 is 106 Å². The number of carbonyl (C=O) groups excluding carboxylic acids is 2. The van der Waals surface area contributed by atoms with Gasteiger partial charge >= 0.3 is 71.1 Å². The number of nitrogens with one attached hydrogen (secondary N) is 1. The molecular weight excluding hydrogens is 442 g/mol. The summed E-state index contributed by atoms with van der Waals surface area (Å²) in [5, 5.41) is 23.8. The van der Waals surface area contributed by atoms with Crippen LogP contribution in [0.4, 0.5) is 0 Å². The van der Waals surface area contributed by atoms with Crippen LogP contribution in [0.5, 0.6) is 0 Å². The fourth-order valence-corrected chi connectivity index (χ4v) is 5.84. The maximum atomic E-state index is 12.8. The Morgan fingerprint density at radius 3 is 2.34 bits per heavy atom. The van der Waals surface area contributed by atoms with E-state index < -0.39 is 51.6 Å². The van der Waals surface area contributed by atoms with E-state index in [4.69, 9.17) is 4.74 Å². The summed E-state index contributed by atoms with van der Waals surface area (Å²) < 4.78 is 4.50. The standard InChI is InChI=1S/C16H18N2O7S2.2Na.2H/c1-15(2)9(12(22)23)18-13(24)16(25-3,14(18)27-15)17-10(19)8(11(20)21)7-4-5-26-6-7;;;;/h4-6,8-9,14H,1-3H3,(H,17,19)(H,20,21)(H,22,23);;;;/t8?,9-,14+,16?;;;;/m0..../s1. The van der Waals surface area contributed by atoms with Gasteiger partial charge in [0.05, 0.1) is 0 Å². The minimum atomic E-state index is -1.80. The molecule has 13 heteroatoms. The molecule has 150 valence electrons. The first-order valence-corrected chi connectivity index (χ1v) is 9.74. The molecule has 0 aliphatic carbocycles. The molecule has 2 fully saturated rings. The molecule has 2 aliphatic heterocycles. The van der Waals surface area contributed by atoms with Crippen molar-refractivity contribution in [3.05, 3.63) is 22.4 Å². The van der Waals surface area contributed by atoms with Gasteiger partial charge in [-0.3, -0.25) is 14.4 Å². The van der Waals surface area contributed by atoms with Crippen LogP contribution in [0.3, 0.4) is 0 Å². The summed E-state index contributed by atoms with van der Waals surface area (Å²) in [7, 11) is 1.22. The average Bonchev–Trinajstić information content (AvgIpc) is 3.16. The number of hydrogen-bond acceptors (Lipinski definition) is 7. The van der Waals surface area contributed by atoms with Gasteiger partial charge in [-0.15, -0.1) is 11.8 Å². The second-order valence-electron chi connectivity index (χ2n) is 6.78. The molecule has 2 amide bonds. The van der Waals surface area contributed by atoms with Gasteiger partial charge in [0.25, 0.3) is 11.6 Å². The number of β-lactam (4-membered cyclic amide) rings is 1. The summed E-state index contributed by atoms with van der Waals surface area (Å²) in [6.07, 6.45) is 0. The molecular formula is C16H20N2Na2O7S2. The normalized spacial score (nSPS) is 27.6. The van der Waals surface area contributed by atoms with E-state index in [1.165, 1.54) is 36.3 Å². The second kappa shape index (κ2) is 9.58. The number of amides is 2. The number of thioether (sulfide) groups is 1. The third-order valence-corrected chi connectivity index (χ3v) is 7.07. The summed E-state index contributed by atoms with van der Waals surface area (Å²) in [5.41, 5.74) is -1.50. The summed E-state index contributed by atoms with van der Waals surface area (Å²) in [6, 6.07) is 0.443. The zero-order valence-electron chi connectivity index (χ0n) is 14.7. The minimum absolute atomic E-state index is 0. The van der Waals surface area contributed by atoms with Crippen LogP contribution >= 0.6 is 23.1 Å². The van der Waals surface area contributed by atoms with Crippen LogP contribution < -0.4 is 5.32 Å². The molecule has 2 saturated heterocycles. The van der Waals surface area contributed by atoms with E-state index >= 15 is 0 Å². The van der Waals surface area contributed by atoms with Crippen molar-refractivity contribution in [3.8, 4) is 0 Å². The Morgan fingerprint density at radius 1 is 1.28 bits per heavy atom. The number of nitrogens with zero attached hydrogens (tertiary/aromatic N) is 1. The molecule has 3 heterocycles. The van der Waals surface area contributed by atoms with E-state index in [9.17, 15) is 29.4 Å². The Labute approximate surface area is 219 Å². The van der Waals surface area contributed by atoms with Gasteiger partial charge in [0.1, 0.15) is 11.4 Å². The van der Waals surface area contributed by atoms with E-state index in [2.05, 4.69) is 5.32 Å². The Balaban J connectivity index is 0.00000210. The number of hydrogen-bond donors (Lipinski definition) is 3. The molecule has 3 rings (SSSR count). The van der Waals surface area contributed by atoms with Crippen LogP contribution in [0.2, 0.25) is 0 Å². The number of carbonyl (C=O) groups is 4. The zero-order valence-corrected chi connectivity index (χ0v) is 16.3.